The second kappa shape index (κ2) is 7.67. The van der Waals surface area contributed by atoms with Crippen molar-refractivity contribution < 1.29 is 31.2 Å². The number of nitrogens with zero attached hydrogens (tertiary/aromatic N) is 6. The molecule has 15 heteroatoms. The van der Waals surface area contributed by atoms with E-state index in [1.165, 1.54) is 17.3 Å². The van der Waals surface area contributed by atoms with Crippen molar-refractivity contribution in [3.8, 4) is 11.4 Å². The van der Waals surface area contributed by atoms with E-state index < -0.39 is 32.2 Å². The molecule has 3 heterocycles. The number of sulfone groups is 1. The third kappa shape index (κ3) is 3.66. The molecule has 0 saturated carbocycles. The van der Waals surface area contributed by atoms with E-state index in [1.807, 2.05) is 0 Å². The molecule has 1 aliphatic rings. The summed E-state index contributed by atoms with van der Waals surface area (Å²) in [4.78, 5) is 30.3. The molecule has 0 atom stereocenters. The molecule has 1 fully saturated rings. The minimum absolute atomic E-state index is 0.000162. The standard InChI is InChI=1S/C17H12F3N7O4S/c18-17(19,20)32(30,31)12-3-1-11(2-4-12)27-14(28)9-26(16(27)29)8-10-5-6-21-7-13(10)15-22-24-25-23-15/h1-7H,8-9H2,(H,22,23,24,25). The number of amides is 3. The molecule has 3 aromatic rings. The van der Waals surface area contributed by atoms with Crippen LogP contribution in [0.1, 0.15) is 5.56 Å². The largest absolute Gasteiger partial charge is 0.501 e. The molecule has 0 unspecified atom stereocenters. The van der Waals surface area contributed by atoms with Crippen LogP contribution in [0.5, 0.6) is 0 Å². The minimum atomic E-state index is -5.55. The average molecular weight is 467 g/mol. The van der Waals surface area contributed by atoms with Crippen LogP contribution in [0.4, 0.5) is 23.7 Å². The Morgan fingerprint density at radius 2 is 1.81 bits per heavy atom. The van der Waals surface area contributed by atoms with Gasteiger partial charge in [-0.2, -0.15) is 13.2 Å². The molecule has 1 N–H and O–H groups in total. The van der Waals surface area contributed by atoms with Gasteiger partial charge in [-0.05, 0) is 46.3 Å². The number of carbonyl (C=O) groups excluding carboxylic acids is 2. The van der Waals surface area contributed by atoms with E-state index in [2.05, 4.69) is 25.6 Å². The molecule has 166 valence electrons. The van der Waals surface area contributed by atoms with Gasteiger partial charge in [-0.3, -0.25) is 9.78 Å². The highest BCUT2D eigenvalue weighted by molar-refractivity contribution is 7.92. The summed E-state index contributed by atoms with van der Waals surface area (Å²) in [6.45, 7) is -0.294. The third-order valence-corrected chi connectivity index (χ3v) is 6.12. The van der Waals surface area contributed by atoms with Crippen LogP contribution in [0.15, 0.2) is 47.6 Å². The molecular formula is C17H12F3N7O4S. The van der Waals surface area contributed by atoms with Crippen molar-refractivity contribution in [3.63, 3.8) is 0 Å². The maximum absolute atomic E-state index is 12.8. The van der Waals surface area contributed by atoms with Gasteiger partial charge in [0.2, 0.25) is 0 Å². The zero-order valence-electron chi connectivity index (χ0n) is 15.8. The Hall–Kier alpha value is -3.88. The van der Waals surface area contributed by atoms with Gasteiger partial charge >= 0.3 is 11.5 Å². The van der Waals surface area contributed by atoms with E-state index in [0.29, 0.717) is 29.1 Å². The van der Waals surface area contributed by atoms with Crippen molar-refractivity contribution in [1.29, 1.82) is 0 Å². The van der Waals surface area contributed by atoms with Gasteiger partial charge in [-0.1, -0.05) is 0 Å². The highest BCUT2D eigenvalue weighted by Crippen LogP contribution is 2.32. The van der Waals surface area contributed by atoms with Crippen LogP contribution in [0.25, 0.3) is 11.4 Å². The van der Waals surface area contributed by atoms with Gasteiger partial charge < -0.3 is 4.90 Å². The van der Waals surface area contributed by atoms with Crippen LogP contribution in [0, 0.1) is 0 Å². The highest BCUT2D eigenvalue weighted by atomic mass is 32.2. The number of alkyl halides is 3. The highest BCUT2D eigenvalue weighted by Gasteiger charge is 2.47. The second-order valence-corrected chi connectivity index (χ2v) is 8.53. The molecule has 32 heavy (non-hydrogen) atoms. The first kappa shape index (κ1) is 21.4. The molecule has 1 aromatic carbocycles. The number of imide groups is 1. The molecule has 2 aromatic heterocycles. The lowest BCUT2D eigenvalue weighted by Gasteiger charge is -2.18. The number of anilines is 1. The van der Waals surface area contributed by atoms with E-state index in [4.69, 9.17) is 0 Å². The Bertz CT molecular complexity index is 1280. The smallest absolute Gasteiger partial charge is 0.310 e. The third-order valence-electron chi connectivity index (χ3n) is 4.62. The molecule has 0 bridgehead atoms. The number of halogens is 3. The van der Waals surface area contributed by atoms with Crippen LogP contribution in [0.2, 0.25) is 0 Å². The number of aromatic nitrogens is 5. The number of aromatic amines is 1. The summed E-state index contributed by atoms with van der Waals surface area (Å²) < 4.78 is 61.1. The quantitative estimate of drug-likeness (QED) is 0.557. The van der Waals surface area contributed by atoms with Crippen LogP contribution < -0.4 is 4.90 Å². The van der Waals surface area contributed by atoms with Crippen molar-refractivity contribution in [2.45, 2.75) is 16.9 Å². The first-order valence-corrected chi connectivity index (χ1v) is 10.3. The second-order valence-electron chi connectivity index (χ2n) is 6.59. The Balaban J connectivity index is 1.57. The van der Waals surface area contributed by atoms with Crippen molar-refractivity contribution in [2.24, 2.45) is 0 Å². The predicted octanol–water partition coefficient (Wildman–Crippen LogP) is 1.52. The number of rotatable bonds is 5. The van der Waals surface area contributed by atoms with E-state index in [-0.39, 0.29) is 18.8 Å². The summed E-state index contributed by atoms with van der Waals surface area (Å²) in [5, 5.41) is 13.3. The van der Waals surface area contributed by atoms with Gasteiger partial charge in [0.05, 0.1) is 10.6 Å². The lowest BCUT2D eigenvalue weighted by molar-refractivity contribution is -0.116. The van der Waals surface area contributed by atoms with Gasteiger partial charge in [0, 0.05) is 24.5 Å². The summed E-state index contributed by atoms with van der Waals surface area (Å²) in [6, 6.07) is 4.22. The average Bonchev–Trinajstić information content (AvgIpc) is 3.36. The Kier molecular flexibility index (Phi) is 5.12. The summed E-state index contributed by atoms with van der Waals surface area (Å²) in [5.74, 6) is -0.317. The number of H-pyrrole nitrogens is 1. The fourth-order valence-corrected chi connectivity index (χ4v) is 3.85. The summed E-state index contributed by atoms with van der Waals surface area (Å²) >= 11 is 0. The molecule has 0 aliphatic carbocycles. The minimum Gasteiger partial charge on any atom is -0.310 e. The number of pyridine rings is 1. The topological polar surface area (TPSA) is 142 Å². The fourth-order valence-electron chi connectivity index (χ4n) is 3.09. The zero-order chi connectivity index (χ0) is 23.1. The van der Waals surface area contributed by atoms with Crippen molar-refractivity contribution in [3.05, 3.63) is 48.3 Å². The summed E-state index contributed by atoms with van der Waals surface area (Å²) in [6.07, 6.45) is 2.97. The molecular weight excluding hydrogens is 455 g/mol. The SMILES string of the molecule is O=C1CN(Cc2ccncc2-c2nnn[nH]2)C(=O)N1c1ccc(S(=O)(=O)C(F)(F)F)cc1. The molecule has 0 spiro atoms. The van der Waals surface area contributed by atoms with Crippen LogP contribution in [-0.4, -0.2) is 62.9 Å². The van der Waals surface area contributed by atoms with Crippen molar-refractivity contribution in [1.82, 2.24) is 30.5 Å². The van der Waals surface area contributed by atoms with Crippen LogP contribution >= 0.6 is 0 Å². The van der Waals surface area contributed by atoms with Gasteiger partial charge in [-0.15, -0.1) is 5.10 Å². The van der Waals surface area contributed by atoms with Crippen molar-refractivity contribution in [2.75, 3.05) is 11.4 Å². The Labute approximate surface area is 177 Å². The van der Waals surface area contributed by atoms with E-state index >= 15 is 0 Å². The zero-order valence-corrected chi connectivity index (χ0v) is 16.6. The molecule has 4 rings (SSSR count). The van der Waals surface area contributed by atoms with Gasteiger partial charge in [0.15, 0.2) is 5.82 Å². The fraction of sp³-hybridized carbons (Fsp3) is 0.176. The summed E-state index contributed by atoms with van der Waals surface area (Å²) in [5.41, 5.74) is -4.42. The Morgan fingerprint density at radius 1 is 1.09 bits per heavy atom. The maximum Gasteiger partial charge on any atom is 0.501 e. The normalized spacial score (nSPS) is 15.0. The number of nitrogens with one attached hydrogen (secondary N) is 1. The van der Waals surface area contributed by atoms with Gasteiger partial charge in [0.25, 0.3) is 15.7 Å². The number of carbonyl (C=O) groups is 2. The monoisotopic (exact) mass is 467 g/mol. The number of urea groups is 1. The maximum atomic E-state index is 12.8. The van der Waals surface area contributed by atoms with Gasteiger partial charge in [-0.25, -0.2) is 23.2 Å². The van der Waals surface area contributed by atoms with Gasteiger partial charge in [0.1, 0.15) is 6.54 Å². The first-order chi connectivity index (χ1) is 15.1. The first-order valence-electron chi connectivity index (χ1n) is 8.80. The summed E-state index contributed by atoms with van der Waals surface area (Å²) in [7, 11) is -5.55. The molecule has 11 nitrogen and oxygen atoms in total. The lowest BCUT2D eigenvalue weighted by atomic mass is 10.1. The van der Waals surface area contributed by atoms with E-state index in [9.17, 15) is 31.2 Å². The van der Waals surface area contributed by atoms with Crippen LogP contribution in [-0.2, 0) is 21.2 Å². The van der Waals surface area contributed by atoms with Crippen LogP contribution in [0.3, 0.4) is 0 Å². The Morgan fingerprint density at radius 3 is 2.44 bits per heavy atom. The molecule has 3 amide bonds. The molecule has 1 aliphatic heterocycles. The number of hydrogen-bond acceptors (Lipinski definition) is 8. The van der Waals surface area contributed by atoms with Crippen molar-refractivity contribution >= 4 is 27.5 Å². The number of tetrazole rings is 1. The molecule has 1 saturated heterocycles. The van der Waals surface area contributed by atoms with E-state index in [1.54, 1.807) is 6.07 Å². The predicted molar refractivity (Wildman–Crippen MR) is 100 cm³/mol. The van der Waals surface area contributed by atoms with E-state index in [0.717, 1.165) is 17.0 Å². The number of benzene rings is 1. The lowest BCUT2D eigenvalue weighted by Crippen LogP contribution is -2.33. The number of hydrogen-bond donors (Lipinski definition) is 1. The molecule has 0 radical (unpaired) electrons.